The molecule has 0 unspecified atom stereocenters. The van der Waals surface area contributed by atoms with E-state index in [4.69, 9.17) is 0 Å². The van der Waals surface area contributed by atoms with Crippen LogP contribution in [0.3, 0.4) is 0 Å². The summed E-state index contributed by atoms with van der Waals surface area (Å²) in [5.41, 5.74) is 0.662. The zero-order valence-electron chi connectivity index (χ0n) is 14.3. The van der Waals surface area contributed by atoms with Gasteiger partial charge in [-0.2, -0.15) is 0 Å². The first-order valence-electron chi connectivity index (χ1n) is 8.10. The van der Waals surface area contributed by atoms with Gasteiger partial charge in [0.2, 0.25) is 5.91 Å². The Morgan fingerprint density at radius 3 is 2.56 bits per heavy atom. The summed E-state index contributed by atoms with van der Waals surface area (Å²) in [7, 11) is 0. The van der Waals surface area contributed by atoms with Crippen LogP contribution in [0.1, 0.15) is 51.3 Å². The van der Waals surface area contributed by atoms with Gasteiger partial charge >= 0.3 is 0 Å². The molecule has 0 bridgehead atoms. The van der Waals surface area contributed by atoms with Gasteiger partial charge < -0.3 is 10.6 Å². The molecule has 0 spiro atoms. The highest BCUT2D eigenvalue weighted by Gasteiger charge is 2.35. The molecule has 4 amide bonds. The fraction of sp³-hybridized carbons (Fsp3) is 0.333. The second-order valence-electron chi connectivity index (χ2n) is 5.76. The molecule has 1 aromatic carbocycles. The molecule has 2 rings (SSSR count). The summed E-state index contributed by atoms with van der Waals surface area (Å²) in [6.45, 7) is 7.69. The van der Waals surface area contributed by atoms with Gasteiger partial charge in [0.15, 0.2) is 0 Å². The number of nitrogens with zero attached hydrogens (tertiary/aromatic N) is 1. The smallest absolute Gasteiger partial charge is 0.261 e. The van der Waals surface area contributed by atoms with Crippen molar-refractivity contribution in [2.24, 2.45) is 0 Å². The standard InChI is InChI=1S/C18H21N3O4/c1-4-8-19-15(22)11(3)20-16(23)12-6-7-13-14(10-12)18(25)21(9-5-2)17(13)24/h5-7,10-11H,2,4,8-9H2,1,3H3,(H,19,22)(H,20,23)/t11-/m0/s1. The Morgan fingerprint density at radius 2 is 1.92 bits per heavy atom. The van der Waals surface area contributed by atoms with Crippen LogP contribution in [0.25, 0.3) is 0 Å². The average molecular weight is 343 g/mol. The molecule has 1 atom stereocenters. The highest BCUT2D eigenvalue weighted by atomic mass is 16.2. The van der Waals surface area contributed by atoms with Crippen molar-refractivity contribution in [1.29, 1.82) is 0 Å². The molecular weight excluding hydrogens is 322 g/mol. The van der Waals surface area contributed by atoms with Crippen molar-refractivity contribution in [1.82, 2.24) is 15.5 Å². The van der Waals surface area contributed by atoms with E-state index in [0.29, 0.717) is 6.54 Å². The first kappa shape index (κ1) is 18.4. The van der Waals surface area contributed by atoms with Crippen LogP contribution in [-0.4, -0.2) is 47.7 Å². The van der Waals surface area contributed by atoms with Crippen LogP contribution in [0.4, 0.5) is 0 Å². The monoisotopic (exact) mass is 343 g/mol. The van der Waals surface area contributed by atoms with E-state index in [9.17, 15) is 19.2 Å². The number of carbonyl (C=O) groups is 4. The van der Waals surface area contributed by atoms with Gasteiger partial charge in [0, 0.05) is 18.7 Å². The zero-order chi connectivity index (χ0) is 18.6. The summed E-state index contributed by atoms with van der Waals surface area (Å²) >= 11 is 0. The number of amides is 4. The molecule has 0 fully saturated rings. The molecule has 0 saturated heterocycles. The molecule has 0 saturated carbocycles. The third-order valence-corrected chi connectivity index (χ3v) is 3.83. The summed E-state index contributed by atoms with van der Waals surface area (Å²) in [6, 6.07) is 3.59. The normalized spacial score (nSPS) is 14.1. The van der Waals surface area contributed by atoms with Crippen molar-refractivity contribution in [2.45, 2.75) is 26.3 Å². The van der Waals surface area contributed by atoms with Gasteiger partial charge in [-0.15, -0.1) is 6.58 Å². The SMILES string of the molecule is C=CCN1C(=O)c2ccc(C(=O)N[C@@H](C)C(=O)NCCC)cc2C1=O. The molecule has 1 aromatic rings. The topological polar surface area (TPSA) is 95.6 Å². The Hall–Kier alpha value is -2.96. The zero-order valence-corrected chi connectivity index (χ0v) is 14.3. The molecule has 2 N–H and O–H groups in total. The summed E-state index contributed by atoms with van der Waals surface area (Å²) in [5.74, 6) is -1.62. The number of carbonyl (C=O) groups excluding carboxylic acids is 4. The maximum Gasteiger partial charge on any atom is 0.261 e. The second-order valence-corrected chi connectivity index (χ2v) is 5.76. The van der Waals surface area contributed by atoms with Gasteiger partial charge in [-0.3, -0.25) is 24.1 Å². The van der Waals surface area contributed by atoms with E-state index in [1.54, 1.807) is 6.92 Å². The Morgan fingerprint density at radius 1 is 1.24 bits per heavy atom. The predicted molar refractivity (Wildman–Crippen MR) is 92.2 cm³/mol. The largest absolute Gasteiger partial charge is 0.354 e. The highest BCUT2D eigenvalue weighted by Crippen LogP contribution is 2.24. The minimum atomic E-state index is -0.707. The van der Waals surface area contributed by atoms with E-state index < -0.39 is 23.8 Å². The molecule has 0 aromatic heterocycles. The summed E-state index contributed by atoms with van der Waals surface area (Å²) in [4.78, 5) is 49.6. The number of hydrogen-bond acceptors (Lipinski definition) is 4. The van der Waals surface area contributed by atoms with Crippen LogP contribution in [0.2, 0.25) is 0 Å². The van der Waals surface area contributed by atoms with Gasteiger partial charge in [-0.1, -0.05) is 13.0 Å². The lowest BCUT2D eigenvalue weighted by Crippen LogP contribution is -2.45. The summed E-state index contributed by atoms with van der Waals surface area (Å²) < 4.78 is 0. The fourth-order valence-electron chi connectivity index (χ4n) is 2.47. The van der Waals surface area contributed by atoms with Crippen molar-refractivity contribution in [3.05, 3.63) is 47.5 Å². The van der Waals surface area contributed by atoms with Crippen molar-refractivity contribution in [2.75, 3.05) is 13.1 Å². The van der Waals surface area contributed by atoms with Gasteiger partial charge in [0.1, 0.15) is 6.04 Å². The predicted octanol–water partition coefficient (Wildman–Crippen LogP) is 1.11. The van der Waals surface area contributed by atoms with Crippen molar-refractivity contribution >= 4 is 23.6 Å². The van der Waals surface area contributed by atoms with Gasteiger partial charge in [-0.05, 0) is 31.5 Å². The molecule has 132 valence electrons. The van der Waals surface area contributed by atoms with E-state index >= 15 is 0 Å². The molecule has 1 aliphatic rings. The molecule has 7 heteroatoms. The van der Waals surface area contributed by atoms with E-state index in [2.05, 4.69) is 17.2 Å². The number of imide groups is 1. The van der Waals surface area contributed by atoms with E-state index in [0.717, 1.165) is 11.3 Å². The van der Waals surface area contributed by atoms with Crippen molar-refractivity contribution in [3.63, 3.8) is 0 Å². The second kappa shape index (κ2) is 7.74. The van der Waals surface area contributed by atoms with Gasteiger partial charge in [0.25, 0.3) is 17.7 Å². The maximum atomic E-state index is 12.3. The summed E-state index contributed by atoms with van der Waals surface area (Å²) in [5, 5.41) is 5.28. The van der Waals surface area contributed by atoms with Crippen molar-refractivity contribution < 1.29 is 19.2 Å². The fourth-order valence-corrected chi connectivity index (χ4v) is 2.47. The Balaban J connectivity index is 2.14. The molecule has 1 heterocycles. The van der Waals surface area contributed by atoms with E-state index in [1.165, 1.54) is 24.3 Å². The Labute approximate surface area is 146 Å². The number of nitrogens with one attached hydrogen (secondary N) is 2. The number of hydrogen-bond donors (Lipinski definition) is 2. The van der Waals surface area contributed by atoms with Crippen LogP contribution >= 0.6 is 0 Å². The molecule has 7 nitrogen and oxygen atoms in total. The quantitative estimate of drug-likeness (QED) is 0.573. The van der Waals surface area contributed by atoms with Crippen LogP contribution in [0.5, 0.6) is 0 Å². The highest BCUT2D eigenvalue weighted by molar-refractivity contribution is 6.22. The molecular formula is C18H21N3O4. The van der Waals surface area contributed by atoms with Gasteiger partial charge in [0.05, 0.1) is 11.1 Å². The molecule has 0 aliphatic carbocycles. The van der Waals surface area contributed by atoms with Gasteiger partial charge in [-0.25, -0.2) is 0 Å². The molecule has 25 heavy (non-hydrogen) atoms. The van der Waals surface area contributed by atoms with E-state index in [-0.39, 0.29) is 29.1 Å². The molecule has 1 aliphatic heterocycles. The maximum absolute atomic E-state index is 12.3. The van der Waals surface area contributed by atoms with Crippen LogP contribution in [0.15, 0.2) is 30.9 Å². The van der Waals surface area contributed by atoms with Crippen molar-refractivity contribution in [3.8, 4) is 0 Å². The Kier molecular flexibility index (Phi) is 5.69. The van der Waals surface area contributed by atoms with Crippen LogP contribution in [0, 0.1) is 0 Å². The number of rotatable bonds is 7. The third kappa shape index (κ3) is 3.76. The van der Waals surface area contributed by atoms with Crippen LogP contribution < -0.4 is 10.6 Å². The lowest BCUT2D eigenvalue weighted by molar-refractivity contribution is -0.122. The minimum absolute atomic E-state index is 0.114. The number of fused-ring (bicyclic) bond motifs is 1. The van der Waals surface area contributed by atoms with Crippen LogP contribution in [-0.2, 0) is 4.79 Å². The minimum Gasteiger partial charge on any atom is -0.354 e. The lowest BCUT2D eigenvalue weighted by atomic mass is 10.0. The average Bonchev–Trinajstić information content (AvgIpc) is 2.84. The lowest BCUT2D eigenvalue weighted by Gasteiger charge is -2.14. The number of benzene rings is 1. The Bertz CT molecular complexity index is 742. The molecule has 0 radical (unpaired) electrons. The summed E-state index contributed by atoms with van der Waals surface area (Å²) in [6.07, 6.45) is 2.26. The first-order chi connectivity index (χ1) is 11.9. The first-order valence-corrected chi connectivity index (χ1v) is 8.10. The van der Waals surface area contributed by atoms with E-state index in [1.807, 2.05) is 6.92 Å². The third-order valence-electron chi connectivity index (χ3n) is 3.83.